The van der Waals surface area contributed by atoms with Gasteiger partial charge >= 0.3 is 0 Å². The smallest absolute Gasteiger partial charge is 0.252 e. The molecule has 1 saturated heterocycles. The van der Waals surface area contributed by atoms with Gasteiger partial charge in [0, 0.05) is 56.5 Å². The summed E-state index contributed by atoms with van der Waals surface area (Å²) in [6.07, 6.45) is 3.53. The highest BCUT2D eigenvalue weighted by Crippen LogP contribution is 2.40. The van der Waals surface area contributed by atoms with Crippen molar-refractivity contribution in [2.24, 2.45) is 0 Å². The highest BCUT2D eigenvalue weighted by atomic mass is 16.3. The van der Waals surface area contributed by atoms with E-state index in [1.54, 1.807) is 18.5 Å². The Morgan fingerprint density at radius 2 is 1.88 bits per heavy atom. The van der Waals surface area contributed by atoms with E-state index in [2.05, 4.69) is 44.5 Å². The second-order valence-corrected chi connectivity index (χ2v) is 8.57. The van der Waals surface area contributed by atoms with Crippen LogP contribution in [0.25, 0.3) is 0 Å². The fraction of sp³-hybridized carbons (Fsp3) is 0.269. The van der Waals surface area contributed by atoms with Gasteiger partial charge in [0.25, 0.3) is 5.56 Å². The number of furan rings is 1. The molecule has 7 nitrogen and oxygen atoms in total. The number of likely N-dealkylation sites (tertiary alicyclic amines) is 1. The molecule has 168 valence electrons. The Morgan fingerprint density at radius 1 is 1.06 bits per heavy atom. The molecule has 0 aliphatic carbocycles. The molecule has 0 radical (unpaired) electrons. The van der Waals surface area contributed by atoms with E-state index in [-0.39, 0.29) is 17.4 Å². The minimum absolute atomic E-state index is 0.0560. The Labute approximate surface area is 192 Å². The lowest BCUT2D eigenvalue weighted by Gasteiger charge is -2.17. The number of pyridine rings is 1. The summed E-state index contributed by atoms with van der Waals surface area (Å²) in [5, 5.41) is 3.23. The molecule has 2 atom stereocenters. The first-order chi connectivity index (χ1) is 16.1. The average molecular weight is 442 g/mol. The van der Waals surface area contributed by atoms with Crippen molar-refractivity contribution in [1.82, 2.24) is 19.9 Å². The van der Waals surface area contributed by atoms with Crippen LogP contribution in [0, 0.1) is 6.92 Å². The molecule has 0 amide bonds. The van der Waals surface area contributed by atoms with E-state index < -0.39 is 0 Å². The van der Waals surface area contributed by atoms with Crippen LogP contribution in [0.5, 0.6) is 0 Å². The summed E-state index contributed by atoms with van der Waals surface area (Å²) in [6, 6.07) is 20.0. The first-order valence-corrected chi connectivity index (χ1v) is 11.2. The molecule has 3 aromatic heterocycles. The van der Waals surface area contributed by atoms with Crippen molar-refractivity contribution >= 4 is 5.95 Å². The first kappa shape index (κ1) is 21.2. The molecule has 1 aromatic carbocycles. The number of benzene rings is 1. The van der Waals surface area contributed by atoms with Crippen LogP contribution < -0.4 is 10.9 Å². The molecular formula is C26H27N5O2. The van der Waals surface area contributed by atoms with Crippen molar-refractivity contribution < 1.29 is 4.42 Å². The second-order valence-electron chi connectivity index (χ2n) is 8.57. The standard InChI is InChI=1S/C26H27N5O2/c1-18-9-10-24(33-18)22-17-31(15-19-6-3-2-4-7-19)16-21(22)23-12-25(32)30-26(29-23)28-14-20-8-5-11-27-13-20/h2-13,21-22H,14-17H2,1H3,(H2,28,29,30,32)/t21-,22+/m0/s1. The summed E-state index contributed by atoms with van der Waals surface area (Å²) in [4.78, 5) is 26.7. The van der Waals surface area contributed by atoms with E-state index in [9.17, 15) is 4.79 Å². The highest BCUT2D eigenvalue weighted by molar-refractivity contribution is 5.31. The molecule has 1 fully saturated rings. The van der Waals surface area contributed by atoms with E-state index in [1.807, 2.05) is 37.3 Å². The third kappa shape index (κ3) is 5.04. The third-order valence-corrected chi connectivity index (χ3v) is 6.10. The number of rotatable bonds is 7. The van der Waals surface area contributed by atoms with Crippen LogP contribution in [-0.2, 0) is 13.1 Å². The van der Waals surface area contributed by atoms with Gasteiger partial charge in [-0.05, 0) is 36.2 Å². The zero-order valence-corrected chi connectivity index (χ0v) is 18.6. The summed E-state index contributed by atoms with van der Waals surface area (Å²) in [7, 11) is 0. The Bertz CT molecular complexity index is 1250. The van der Waals surface area contributed by atoms with Crippen molar-refractivity contribution in [3.05, 3.63) is 112 Å². The van der Waals surface area contributed by atoms with Crippen molar-refractivity contribution in [2.45, 2.75) is 31.8 Å². The van der Waals surface area contributed by atoms with Crippen LogP contribution in [0.15, 0.2) is 82.3 Å². The number of H-pyrrole nitrogens is 1. The number of nitrogens with one attached hydrogen (secondary N) is 2. The lowest BCUT2D eigenvalue weighted by Crippen LogP contribution is -2.21. The largest absolute Gasteiger partial charge is 0.466 e. The molecule has 33 heavy (non-hydrogen) atoms. The third-order valence-electron chi connectivity index (χ3n) is 6.10. The van der Waals surface area contributed by atoms with Crippen molar-refractivity contribution in [3.8, 4) is 0 Å². The number of nitrogens with zero attached hydrogens (tertiary/aromatic N) is 3. The van der Waals surface area contributed by atoms with Gasteiger partial charge in [-0.1, -0.05) is 36.4 Å². The Kier molecular flexibility index (Phi) is 6.04. The molecule has 0 bridgehead atoms. The molecular weight excluding hydrogens is 414 g/mol. The van der Waals surface area contributed by atoms with Gasteiger partial charge in [-0.15, -0.1) is 0 Å². The van der Waals surface area contributed by atoms with Crippen LogP contribution in [0.4, 0.5) is 5.95 Å². The summed E-state index contributed by atoms with van der Waals surface area (Å²) < 4.78 is 6.02. The molecule has 4 heterocycles. The molecule has 0 spiro atoms. The predicted octanol–water partition coefficient (Wildman–Crippen LogP) is 4.06. The van der Waals surface area contributed by atoms with Gasteiger partial charge in [-0.2, -0.15) is 0 Å². The van der Waals surface area contributed by atoms with Crippen LogP contribution in [0.2, 0.25) is 0 Å². The number of aryl methyl sites for hydroxylation is 1. The Hall–Kier alpha value is -3.71. The van der Waals surface area contributed by atoms with Crippen molar-refractivity contribution in [3.63, 3.8) is 0 Å². The minimum Gasteiger partial charge on any atom is -0.466 e. The number of hydrogen-bond acceptors (Lipinski definition) is 6. The van der Waals surface area contributed by atoms with Gasteiger partial charge in [-0.3, -0.25) is 19.7 Å². The van der Waals surface area contributed by atoms with Gasteiger partial charge in [0.2, 0.25) is 5.95 Å². The fourth-order valence-corrected chi connectivity index (χ4v) is 4.54. The summed E-state index contributed by atoms with van der Waals surface area (Å²) in [5.74, 6) is 2.49. The van der Waals surface area contributed by atoms with Gasteiger partial charge in [0.1, 0.15) is 11.5 Å². The number of hydrogen-bond donors (Lipinski definition) is 2. The zero-order chi connectivity index (χ0) is 22.6. The number of aromatic amines is 1. The quantitative estimate of drug-likeness (QED) is 0.450. The SMILES string of the molecule is Cc1ccc([C@@H]2CN(Cc3ccccc3)C[C@@H]2c2cc(=O)[nH]c(NCc3cccnc3)n2)o1. The van der Waals surface area contributed by atoms with Gasteiger partial charge in [-0.25, -0.2) is 4.98 Å². The zero-order valence-electron chi connectivity index (χ0n) is 18.6. The van der Waals surface area contributed by atoms with Gasteiger partial charge < -0.3 is 9.73 Å². The normalized spacial score (nSPS) is 18.5. The Morgan fingerprint density at radius 3 is 2.64 bits per heavy atom. The molecule has 5 rings (SSSR count). The summed E-state index contributed by atoms with van der Waals surface area (Å²) >= 11 is 0. The van der Waals surface area contributed by atoms with Gasteiger partial charge in [0.15, 0.2) is 0 Å². The summed E-state index contributed by atoms with van der Waals surface area (Å²) in [6.45, 7) is 4.99. The molecule has 1 aliphatic rings. The number of aromatic nitrogens is 3. The van der Waals surface area contributed by atoms with E-state index in [0.717, 1.165) is 42.4 Å². The predicted molar refractivity (Wildman–Crippen MR) is 127 cm³/mol. The van der Waals surface area contributed by atoms with E-state index in [1.165, 1.54) is 5.56 Å². The molecule has 0 unspecified atom stereocenters. The van der Waals surface area contributed by atoms with Crippen molar-refractivity contribution in [1.29, 1.82) is 0 Å². The summed E-state index contributed by atoms with van der Waals surface area (Å²) in [5.41, 5.74) is 2.90. The van der Waals surface area contributed by atoms with E-state index >= 15 is 0 Å². The molecule has 7 heteroatoms. The maximum Gasteiger partial charge on any atom is 0.252 e. The highest BCUT2D eigenvalue weighted by Gasteiger charge is 2.38. The Balaban J connectivity index is 1.41. The maximum atomic E-state index is 12.5. The molecule has 4 aromatic rings. The van der Waals surface area contributed by atoms with E-state index in [0.29, 0.717) is 12.5 Å². The molecule has 2 N–H and O–H groups in total. The fourth-order valence-electron chi connectivity index (χ4n) is 4.54. The lowest BCUT2D eigenvalue weighted by atomic mass is 9.90. The van der Waals surface area contributed by atoms with Gasteiger partial charge in [0.05, 0.1) is 5.69 Å². The lowest BCUT2D eigenvalue weighted by molar-refractivity contribution is 0.319. The van der Waals surface area contributed by atoms with Crippen LogP contribution in [0.3, 0.4) is 0 Å². The molecule has 1 aliphatic heterocycles. The van der Waals surface area contributed by atoms with Crippen LogP contribution >= 0.6 is 0 Å². The molecule has 0 saturated carbocycles. The number of anilines is 1. The monoisotopic (exact) mass is 441 g/mol. The van der Waals surface area contributed by atoms with Crippen LogP contribution in [-0.4, -0.2) is 32.9 Å². The van der Waals surface area contributed by atoms with Crippen molar-refractivity contribution in [2.75, 3.05) is 18.4 Å². The first-order valence-electron chi connectivity index (χ1n) is 11.2. The average Bonchev–Trinajstić information content (AvgIpc) is 3.45. The topological polar surface area (TPSA) is 87.0 Å². The second kappa shape index (κ2) is 9.42. The minimum atomic E-state index is -0.162. The van der Waals surface area contributed by atoms with E-state index in [4.69, 9.17) is 9.40 Å². The maximum absolute atomic E-state index is 12.5. The van der Waals surface area contributed by atoms with Crippen LogP contribution in [0.1, 0.15) is 40.2 Å².